The van der Waals surface area contributed by atoms with Crippen LogP contribution in [0.4, 0.5) is 0 Å². The molecule has 0 aromatic carbocycles. The summed E-state index contributed by atoms with van der Waals surface area (Å²) in [7, 11) is 5.30. The van der Waals surface area contributed by atoms with E-state index in [0.717, 1.165) is 6.54 Å². The predicted molar refractivity (Wildman–Crippen MR) is 51.4 cm³/mol. The van der Waals surface area contributed by atoms with Gasteiger partial charge in [0.05, 0.1) is 12.6 Å². The normalized spacial score (nSPS) is 13.2. The van der Waals surface area contributed by atoms with Crippen LogP contribution in [-0.4, -0.2) is 57.8 Å². The van der Waals surface area contributed by atoms with E-state index in [0.29, 0.717) is 13.2 Å². The highest BCUT2D eigenvalue weighted by Crippen LogP contribution is 1.88. The third-order valence-electron chi connectivity index (χ3n) is 1.86. The predicted octanol–water partition coefficient (Wildman–Crippen LogP) is -1.36. The molecule has 1 amide bonds. The minimum Gasteiger partial charge on any atom is -0.383 e. The first kappa shape index (κ1) is 12.3. The minimum atomic E-state index is -0.327. The second kappa shape index (κ2) is 6.82. The monoisotopic (exact) mass is 189 g/mol. The molecule has 78 valence electrons. The van der Waals surface area contributed by atoms with Gasteiger partial charge in [-0.05, 0) is 14.1 Å². The molecule has 0 saturated heterocycles. The fourth-order valence-electron chi connectivity index (χ4n) is 0.974. The van der Waals surface area contributed by atoms with Gasteiger partial charge >= 0.3 is 0 Å². The number of primary amides is 1. The van der Waals surface area contributed by atoms with E-state index in [1.165, 1.54) is 0 Å². The van der Waals surface area contributed by atoms with Crippen LogP contribution in [0.1, 0.15) is 0 Å². The average Bonchev–Trinajstić information content (AvgIpc) is 2.10. The molecule has 5 heteroatoms. The Balaban J connectivity index is 3.73. The molecule has 0 bridgehead atoms. The summed E-state index contributed by atoms with van der Waals surface area (Å²) in [6.45, 7) is 2.06. The van der Waals surface area contributed by atoms with Crippen LogP contribution in [0.15, 0.2) is 0 Å². The first-order valence-electron chi connectivity index (χ1n) is 4.25. The first-order valence-corrected chi connectivity index (χ1v) is 4.25. The second-order valence-corrected chi connectivity index (χ2v) is 3.00. The summed E-state index contributed by atoms with van der Waals surface area (Å²) in [6.07, 6.45) is 0. The molecule has 0 fully saturated rings. The Kier molecular flexibility index (Phi) is 6.48. The summed E-state index contributed by atoms with van der Waals surface area (Å²) < 4.78 is 4.91. The van der Waals surface area contributed by atoms with E-state index in [-0.39, 0.29) is 11.9 Å². The number of nitrogens with zero attached hydrogens (tertiary/aromatic N) is 1. The van der Waals surface area contributed by atoms with Gasteiger partial charge in [0.2, 0.25) is 5.91 Å². The van der Waals surface area contributed by atoms with Crippen molar-refractivity contribution in [3.8, 4) is 0 Å². The zero-order valence-electron chi connectivity index (χ0n) is 8.54. The number of ether oxygens (including phenoxy) is 1. The van der Waals surface area contributed by atoms with Crippen molar-refractivity contribution < 1.29 is 9.53 Å². The molecule has 0 saturated carbocycles. The number of amides is 1. The number of hydrogen-bond acceptors (Lipinski definition) is 4. The quantitative estimate of drug-likeness (QED) is 0.519. The number of methoxy groups -OCH3 is 1. The number of likely N-dealkylation sites (N-methyl/N-ethyl adjacent to an activating group) is 2. The molecule has 0 aliphatic carbocycles. The molecule has 3 N–H and O–H groups in total. The molecule has 0 radical (unpaired) electrons. The average molecular weight is 189 g/mol. The number of nitrogens with one attached hydrogen (secondary N) is 1. The smallest absolute Gasteiger partial charge is 0.235 e. The molecule has 13 heavy (non-hydrogen) atoms. The fourth-order valence-corrected chi connectivity index (χ4v) is 0.974. The summed E-state index contributed by atoms with van der Waals surface area (Å²) in [5, 5.41) is 2.85. The molecule has 0 heterocycles. The standard InChI is InChI=1S/C8H19N3O2/c1-10-7(8(9)12)6-11(2)4-5-13-3/h7,10H,4-6H2,1-3H3,(H2,9,12). The summed E-state index contributed by atoms with van der Waals surface area (Å²) >= 11 is 0. The van der Waals surface area contributed by atoms with Gasteiger partial charge in [0, 0.05) is 20.2 Å². The first-order chi connectivity index (χ1) is 6.11. The van der Waals surface area contributed by atoms with Crippen LogP contribution in [0.5, 0.6) is 0 Å². The Bertz CT molecular complexity index is 152. The molecule has 1 atom stereocenters. The maximum Gasteiger partial charge on any atom is 0.235 e. The van der Waals surface area contributed by atoms with Crippen molar-refractivity contribution in [1.29, 1.82) is 0 Å². The van der Waals surface area contributed by atoms with Crippen LogP contribution in [-0.2, 0) is 9.53 Å². The van der Waals surface area contributed by atoms with Crippen LogP contribution in [0.2, 0.25) is 0 Å². The third-order valence-corrected chi connectivity index (χ3v) is 1.86. The lowest BCUT2D eigenvalue weighted by molar-refractivity contribution is -0.120. The molecule has 0 spiro atoms. The highest BCUT2D eigenvalue weighted by atomic mass is 16.5. The Hall–Kier alpha value is -0.650. The summed E-state index contributed by atoms with van der Waals surface area (Å²) in [5.41, 5.74) is 5.16. The Morgan fingerprint density at radius 2 is 2.31 bits per heavy atom. The summed E-state index contributed by atoms with van der Waals surface area (Å²) in [5.74, 6) is -0.327. The second-order valence-electron chi connectivity index (χ2n) is 3.00. The van der Waals surface area contributed by atoms with Gasteiger partial charge in [0.1, 0.15) is 0 Å². The van der Waals surface area contributed by atoms with E-state index in [1.54, 1.807) is 14.2 Å². The maximum atomic E-state index is 10.8. The molecule has 0 rings (SSSR count). The van der Waals surface area contributed by atoms with Crippen molar-refractivity contribution in [2.45, 2.75) is 6.04 Å². The molecule has 0 aromatic rings. The van der Waals surface area contributed by atoms with Gasteiger partial charge < -0.3 is 20.7 Å². The SMILES string of the molecule is CNC(CN(C)CCOC)C(N)=O. The van der Waals surface area contributed by atoms with Gasteiger partial charge in [-0.15, -0.1) is 0 Å². The fraction of sp³-hybridized carbons (Fsp3) is 0.875. The van der Waals surface area contributed by atoms with E-state index in [9.17, 15) is 4.79 Å². The van der Waals surface area contributed by atoms with Gasteiger partial charge in [-0.2, -0.15) is 0 Å². The number of rotatable bonds is 7. The van der Waals surface area contributed by atoms with Gasteiger partial charge in [0.25, 0.3) is 0 Å². The maximum absolute atomic E-state index is 10.8. The zero-order chi connectivity index (χ0) is 10.3. The minimum absolute atomic E-state index is 0.290. The van der Waals surface area contributed by atoms with E-state index in [1.807, 2.05) is 11.9 Å². The van der Waals surface area contributed by atoms with Crippen LogP contribution in [0.25, 0.3) is 0 Å². The lowest BCUT2D eigenvalue weighted by Crippen LogP contribution is -2.47. The molecule has 0 aliphatic heterocycles. The van der Waals surface area contributed by atoms with Crippen LogP contribution in [0.3, 0.4) is 0 Å². The molecule has 5 nitrogen and oxygen atoms in total. The highest BCUT2D eigenvalue weighted by molar-refractivity contribution is 5.80. The summed E-state index contributed by atoms with van der Waals surface area (Å²) in [6, 6.07) is -0.290. The number of nitrogens with two attached hydrogens (primary N) is 1. The van der Waals surface area contributed by atoms with Gasteiger partial charge in [-0.3, -0.25) is 4.79 Å². The van der Waals surface area contributed by atoms with Crippen LogP contribution >= 0.6 is 0 Å². The van der Waals surface area contributed by atoms with Crippen LogP contribution < -0.4 is 11.1 Å². The van der Waals surface area contributed by atoms with Gasteiger partial charge in [-0.25, -0.2) is 0 Å². The molecule has 0 aromatic heterocycles. The van der Waals surface area contributed by atoms with Gasteiger partial charge in [-0.1, -0.05) is 0 Å². The Labute approximate surface area is 79.2 Å². The van der Waals surface area contributed by atoms with Crippen molar-refractivity contribution in [1.82, 2.24) is 10.2 Å². The Morgan fingerprint density at radius 1 is 1.69 bits per heavy atom. The van der Waals surface area contributed by atoms with Crippen molar-refractivity contribution in [2.24, 2.45) is 5.73 Å². The highest BCUT2D eigenvalue weighted by Gasteiger charge is 2.14. The largest absolute Gasteiger partial charge is 0.383 e. The lowest BCUT2D eigenvalue weighted by atomic mass is 10.2. The molecule has 1 unspecified atom stereocenters. The number of hydrogen-bond donors (Lipinski definition) is 2. The zero-order valence-corrected chi connectivity index (χ0v) is 8.54. The summed E-state index contributed by atoms with van der Waals surface area (Å²) in [4.78, 5) is 12.8. The van der Waals surface area contributed by atoms with Crippen molar-refractivity contribution in [2.75, 3.05) is 40.9 Å². The molecule has 0 aliphatic rings. The van der Waals surface area contributed by atoms with E-state index in [2.05, 4.69) is 5.32 Å². The number of carbonyl (C=O) groups excluding carboxylic acids is 1. The van der Waals surface area contributed by atoms with Crippen molar-refractivity contribution >= 4 is 5.91 Å². The van der Waals surface area contributed by atoms with E-state index in [4.69, 9.17) is 10.5 Å². The van der Waals surface area contributed by atoms with E-state index < -0.39 is 0 Å². The van der Waals surface area contributed by atoms with Crippen molar-refractivity contribution in [3.05, 3.63) is 0 Å². The lowest BCUT2D eigenvalue weighted by Gasteiger charge is -2.20. The molecular weight excluding hydrogens is 170 g/mol. The third kappa shape index (κ3) is 5.57. The molecular formula is C8H19N3O2. The number of carbonyl (C=O) groups is 1. The van der Waals surface area contributed by atoms with Crippen molar-refractivity contribution in [3.63, 3.8) is 0 Å². The van der Waals surface area contributed by atoms with Crippen LogP contribution in [0, 0.1) is 0 Å². The van der Waals surface area contributed by atoms with E-state index >= 15 is 0 Å². The Morgan fingerprint density at radius 3 is 2.69 bits per heavy atom. The van der Waals surface area contributed by atoms with Gasteiger partial charge in [0.15, 0.2) is 0 Å². The topological polar surface area (TPSA) is 67.6 Å².